The molecule has 0 aliphatic carbocycles. The number of piperidine rings is 1. The van der Waals surface area contributed by atoms with E-state index in [-0.39, 0.29) is 0 Å². The molecule has 1 rings (SSSR count). The van der Waals surface area contributed by atoms with Gasteiger partial charge in [-0.1, -0.05) is 0 Å². The highest BCUT2D eigenvalue weighted by Crippen LogP contribution is 2.13. The lowest BCUT2D eigenvalue weighted by Crippen LogP contribution is -2.39. The summed E-state index contributed by atoms with van der Waals surface area (Å²) in [6.45, 7) is 3.19. The molecule has 0 atom stereocenters. The number of halogens is 1. The third kappa shape index (κ3) is 3.70. The van der Waals surface area contributed by atoms with Crippen LogP contribution < -0.4 is 5.32 Å². The molecule has 0 unspecified atom stereocenters. The Morgan fingerprint density at radius 2 is 2.17 bits per heavy atom. The van der Waals surface area contributed by atoms with Gasteiger partial charge in [-0.15, -0.1) is 0 Å². The van der Waals surface area contributed by atoms with Crippen molar-refractivity contribution in [1.29, 1.82) is 5.26 Å². The molecule has 1 aliphatic rings. The van der Waals surface area contributed by atoms with Gasteiger partial charge in [-0.2, -0.15) is 5.26 Å². The Labute approximate surface area is 87.6 Å². The third-order valence-electron chi connectivity index (χ3n) is 2.11. The first-order chi connectivity index (χ1) is 5.83. The highest BCUT2D eigenvalue weighted by molar-refractivity contribution is 14.1. The van der Waals surface area contributed by atoms with Crippen LogP contribution in [0.2, 0.25) is 0 Å². The highest BCUT2D eigenvalue weighted by Gasteiger charge is 2.15. The van der Waals surface area contributed by atoms with Gasteiger partial charge in [0.1, 0.15) is 0 Å². The van der Waals surface area contributed by atoms with E-state index in [1.165, 1.54) is 25.9 Å². The van der Waals surface area contributed by atoms with E-state index >= 15 is 0 Å². The molecule has 0 bridgehead atoms. The zero-order valence-corrected chi connectivity index (χ0v) is 9.25. The molecule has 0 aromatic rings. The van der Waals surface area contributed by atoms with E-state index in [0.29, 0.717) is 12.5 Å². The summed E-state index contributed by atoms with van der Waals surface area (Å²) in [7, 11) is 0. The predicted molar refractivity (Wildman–Crippen MR) is 56.8 cm³/mol. The van der Waals surface area contributed by atoms with Gasteiger partial charge in [0.2, 0.25) is 0 Å². The molecule has 0 aromatic heterocycles. The van der Waals surface area contributed by atoms with E-state index < -0.39 is 0 Å². The van der Waals surface area contributed by atoms with E-state index in [9.17, 15) is 0 Å². The lowest BCUT2D eigenvalue weighted by atomic mass is 10.1. The summed E-state index contributed by atoms with van der Waals surface area (Å²) in [5, 5.41) is 11.7. The van der Waals surface area contributed by atoms with E-state index in [1.807, 2.05) is 0 Å². The maximum absolute atomic E-state index is 8.34. The molecule has 1 N–H and O–H groups in total. The maximum Gasteiger partial charge on any atom is 0.0635 e. The van der Waals surface area contributed by atoms with Gasteiger partial charge < -0.3 is 5.32 Å². The van der Waals surface area contributed by atoms with Crippen molar-refractivity contribution in [3.05, 3.63) is 0 Å². The Hall–Kier alpha value is 0.140. The van der Waals surface area contributed by atoms with Crippen molar-refractivity contribution in [2.75, 3.05) is 19.6 Å². The number of nitriles is 1. The number of nitrogens with one attached hydrogen (secondary N) is 1. The Morgan fingerprint density at radius 3 is 2.75 bits per heavy atom. The molecule has 0 aromatic carbocycles. The van der Waals surface area contributed by atoms with Crippen LogP contribution in [0.25, 0.3) is 0 Å². The topological polar surface area (TPSA) is 39.1 Å². The molecule has 0 amide bonds. The average Bonchev–Trinajstić information content (AvgIpc) is 2.09. The lowest BCUT2D eigenvalue weighted by Gasteiger charge is -2.27. The molecule has 0 saturated carbocycles. The second kappa shape index (κ2) is 5.73. The predicted octanol–water partition coefficient (Wildman–Crippen LogP) is 1.30. The summed E-state index contributed by atoms with van der Waals surface area (Å²) in [5.41, 5.74) is 0. The van der Waals surface area contributed by atoms with Crippen LogP contribution in [-0.4, -0.2) is 28.8 Å². The minimum atomic E-state index is 0.629. The van der Waals surface area contributed by atoms with Crippen molar-refractivity contribution in [1.82, 2.24) is 8.43 Å². The zero-order chi connectivity index (χ0) is 8.81. The molecule has 0 radical (unpaired) electrons. The number of hydrogen-bond acceptors (Lipinski definition) is 3. The first kappa shape index (κ1) is 10.2. The molecule has 1 aliphatic heterocycles. The van der Waals surface area contributed by atoms with Crippen LogP contribution in [0.5, 0.6) is 0 Å². The number of nitrogens with zero attached hydrogens (tertiary/aromatic N) is 2. The van der Waals surface area contributed by atoms with Crippen molar-refractivity contribution in [3.8, 4) is 6.07 Å². The molecule has 0 spiro atoms. The van der Waals surface area contributed by atoms with E-state index in [0.717, 1.165) is 6.54 Å². The molecule has 12 heavy (non-hydrogen) atoms. The summed E-state index contributed by atoms with van der Waals surface area (Å²) < 4.78 is 2.32. The first-order valence-electron chi connectivity index (χ1n) is 4.34. The Morgan fingerprint density at radius 1 is 1.50 bits per heavy atom. The van der Waals surface area contributed by atoms with Crippen molar-refractivity contribution in [2.24, 2.45) is 0 Å². The van der Waals surface area contributed by atoms with Gasteiger partial charge in [0, 0.05) is 55.0 Å². The fourth-order valence-corrected chi connectivity index (χ4v) is 1.94. The van der Waals surface area contributed by atoms with Gasteiger partial charge in [0.25, 0.3) is 0 Å². The zero-order valence-electron chi connectivity index (χ0n) is 7.09. The van der Waals surface area contributed by atoms with Crippen molar-refractivity contribution in [3.63, 3.8) is 0 Å². The molecule has 68 valence electrons. The third-order valence-corrected chi connectivity index (χ3v) is 3.08. The minimum Gasteiger partial charge on any atom is -0.313 e. The van der Waals surface area contributed by atoms with Gasteiger partial charge in [-0.05, 0) is 12.8 Å². The van der Waals surface area contributed by atoms with Gasteiger partial charge in [0.05, 0.1) is 6.07 Å². The van der Waals surface area contributed by atoms with Crippen LogP contribution in [0.4, 0.5) is 0 Å². The van der Waals surface area contributed by atoms with E-state index in [4.69, 9.17) is 5.26 Å². The fourth-order valence-electron chi connectivity index (χ4n) is 1.38. The minimum absolute atomic E-state index is 0.629. The molecular formula is C8H14IN3. The molecule has 4 heteroatoms. The summed E-state index contributed by atoms with van der Waals surface area (Å²) in [6, 6.07) is 2.78. The van der Waals surface area contributed by atoms with E-state index in [2.05, 4.69) is 37.4 Å². The fraction of sp³-hybridized carbons (Fsp3) is 0.875. The molecule has 1 saturated heterocycles. The number of hydrogen-bond donors (Lipinski definition) is 1. The van der Waals surface area contributed by atoms with Crippen molar-refractivity contribution >= 4 is 22.9 Å². The molecule has 1 heterocycles. The first-order valence-corrected chi connectivity index (χ1v) is 5.30. The lowest BCUT2D eigenvalue weighted by molar-refractivity contribution is 0.327. The molecule has 3 nitrogen and oxygen atoms in total. The Kier molecular flexibility index (Phi) is 4.88. The second-order valence-corrected chi connectivity index (χ2v) is 4.41. The summed E-state index contributed by atoms with van der Waals surface area (Å²) in [5.74, 6) is 0. The molecular weight excluding hydrogens is 265 g/mol. The normalized spacial score (nSPS) is 20.7. The standard InChI is InChI=1S/C8H14IN3/c9-12-6-2-8(3-7-12)11-5-1-4-10/h8,11H,1-3,5-7H2. The van der Waals surface area contributed by atoms with E-state index in [1.54, 1.807) is 0 Å². The van der Waals surface area contributed by atoms with Crippen LogP contribution in [0.15, 0.2) is 0 Å². The number of rotatable bonds is 3. The van der Waals surface area contributed by atoms with Crippen molar-refractivity contribution in [2.45, 2.75) is 25.3 Å². The Balaban J connectivity index is 2.06. The largest absolute Gasteiger partial charge is 0.313 e. The average molecular weight is 279 g/mol. The second-order valence-electron chi connectivity index (χ2n) is 3.05. The van der Waals surface area contributed by atoms with Crippen LogP contribution in [0, 0.1) is 11.3 Å². The van der Waals surface area contributed by atoms with Gasteiger partial charge in [-0.25, -0.2) is 3.11 Å². The Bertz CT molecular complexity index is 158. The van der Waals surface area contributed by atoms with Gasteiger partial charge >= 0.3 is 0 Å². The summed E-state index contributed by atoms with van der Waals surface area (Å²) in [6.07, 6.45) is 3.06. The SMILES string of the molecule is N#CCCNC1CCN(I)CC1. The maximum atomic E-state index is 8.34. The highest BCUT2D eigenvalue weighted by atomic mass is 127. The van der Waals surface area contributed by atoms with Crippen LogP contribution in [-0.2, 0) is 0 Å². The smallest absolute Gasteiger partial charge is 0.0635 e. The van der Waals surface area contributed by atoms with Crippen molar-refractivity contribution < 1.29 is 0 Å². The van der Waals surface area contributed by atoms with Crippen LogP contribution >= 0.6 is 22.9 Å². The molecule has 1 fully saturated rings. The van der Waals surface area contributed by atoms with Crippen LogP contribution in [0.1, 0.15) is 19.3 Å². The van der Waals surface area contributed by atoms with Gasteiger partial charge in [-0.3, -0.25) is 0 Å². The summed E-state index contributed by atoms with van der Waals surface area (Å²) in [4.78, 5) is 0. The quantitative estimate of drug-likeness (QED) is 0.481. The summed E-state index contributed by atoms with van der Waals surface area (Å²) >= 11 is 2.37. The monoisotopic (exact) mass is 279 g/mol. The van der Waals surface area contributed by atoms with Gasteiger partial charge in [0.15, 0.2) is 0 Å². The van der Waals surface area contributed by atoms with Crippen LogP contribution in [0.3, 0.4) is 0 Å².